The standard InChI is InChI=1S/C11H17N3O/c1-11(2,3)10-13-8(7-15)9-12-5-4-6-14(9)10/h7,12H,4-6H2,1-3H3. The molecule has 15 heavy (non-hydrogen) atoms. The van der Waals surface area contributed by atoms with Crippen LogP contribution in [0.15, 0.2) is 0 Å². The van der Waals surface area contributed by atoms with Crippen LogP contribution in [0.4, 0.5) is 5.82 Å². The maximum absolute atomic E-state index is 10.9. The van der Waals surface area contributed by atoms with Crippen molar-refractivity contribution in [1.29, 1.82) is 0 Å². The zero-order valence-electron chi connectivity index (χ0n) is 9.50. The van der Waals surface area contributed by atoms with Gasteiger partial charge in [-0.1, -0.05) is 20.8 Å². The predicted octanol–water partition coefficient (Wildman–Crippen LogP) is 1.81. The Hall–Kier alpha value is -1.32. The Labute approximate surface area is 89.7 Å². The number of imidazole rings is 1. The summed E-state index contributed by atoms with van der Waals surface area (Å²) in [5, 5.41) is 3.24. The van der Waals surface area contributed by atoms with Crippen LogP contribution in [-0.2, 0) is 12.0 Å². The molecule has 1 aliphatic heterocycles. The molecule has 0 unspecified atom stereocenters. The summed E-state index contributed by atoms with van der Waals surface area (Å²) in [6, 6.07) is 0. The number of hydrogen-bond donors (Lipinski definition) is 1. The highest BCUT2D eigenvalue weighted by atomic mass is 16.1. The van der Waals surface area contributed by atoms with Gasteiger partial charge in [0.2, 0.25) is 0 Å². The van der Waals surface area contributed by atoms with Gasteiger partial charge in [0.15, 0.2) is 6.29 Å². The number of nitrogens with zero attached hydrogens (tertiary/aromatic N) is 2. The van der Waals surface area contributed by atoms with Gasteiger partial charge in [0.25, 0.3) is 0 Å². The van der Waals surface area contributed by atoms with Crippen molar-refractivity contribution in [3.63, 3.8) is 0 Å². The van der Waals surface area contributed by atoms with Gasteiger partial charge >= 0.3 is 0 Å². The monoisotopic (exact) mass is 207 g/mol. The van der Waals surface area contributed by atoms with Crippen LogP contribution in [0, 0.1) is 0 Å². The first-order valence-electron chi connectivity index (χ1n) is 5.34. The highest BCUT2D eigenvalue weighted by Gasteiger charge is 2.26. The fraction of sp³-hybridized carbons (Fsp3) is 0.636. The van der Waals surface area contributed by atoms with Crippen LogP contribution in [0.3, 0.4) is 0 Å². The van der Waals surface area contributed by atoms with E-state index in [0.29, 0.717) is 5.69 Å². The molecule has 82 valence electrons. The molecule has 1 aromatic rings. The van der Waals surface area contributed by atoms with E-state index < -0.39 is 0 Å². The maximum atomic E-state index is 10.9. The quantitative estimate of drug-likeness (QED) is 0.714. The molecular weight excluding hydrogens is 190 g/mol. The molecule has 4 heteroatoms. The van der Waals surface area contributed by atoms with Gasteiger partial charge in [-0.15, -0.1) is 0 Å². The van der Waals surface area contributed by atoms with Gasteiger partial charge in [-0.2, -0.15) is 0 Å². The van der Waals surface area contributed by atoms with E-state index in [-0.39, 0.29) is 5.41 Å². The SMILES string of the molecule is CC(C)(C)c1nc(C=O)c2n1CCCN2. The zero-order valence-corrected chi connectivity index (χ0v) is 9.50. The maximum Gasteiger partial charge on any atom is 0.172 e. The van der Waals surface area contributed by atoms with Crippen LogP contribution in [0.5, 0.6) is 0 Å². The number of rotatable bonds is 1. The first kappa shape index (κ1) is 10.2. The lowest BCUT2D eigenvalue weighted by atomic mass is 9.95. The van der Waals surface area contributed by atoms with E-state index in [0.717, 1.165) is 37.4 Å². The van der Waals surface area contributed by atoms with Gasteiger partial charge in [0, 0.05) is 18.5 Å². The number of carbonyl (C=O) groups is 1. The number of anilines is 1. The zero-order chi connectivity index (χ0) is 11.1. The minimum Gasteiger partial charge on any atom is -0.369 e. The number of carbonyl (C=O) groups excluding carboxylic acids is 1. The fourth-order valence-electron chi connectivity index (χ4n) is 1.97. The van der Waals surface area contributed by atoms with E-state index in [1.807, 2.05) is 0 Å². The van der Waals surface area contributed by atoms with Crippen molar-refractivity contribution in [2.24, 2.45) is 0 Å². The molecule has 0 saturated heterocycles. The molecule has 0 fully saturated rings. The molecule has 2 heterocycles. The van der Waals surface area contributed by atoms with Gasteiger partial charge in [0.1, 0.15) is 17.3 Å². The van der Waals surface area contributed by atoms with Gasteiger partial charge in [-0.25, -0.2) is 4.98 Å². The summed E-state index contributed by atoms with van der Waals surface area (Å²) < 4.78 is 2.13. The Kier molecular flexibility index (Phi) is 2.29. The van der Waals surface area contributed by atoms with Crippen LogP contribution in [-0.4, -0.2) is 22.4 Å². The van der Waals surface area contributed by atoms with Crippen LogP contribution in [0.25, 0.3) is 0 Å². The minimum atomic E-state index is -0.0188. The summed E-state index contributed by atoms with van der Waals surface area (Å²) in [6.45, 7) is 8.23. The van der Waals surface area contributed by atoms with Crippen molar-refractivity contribution in [2.45, 2.75) is 39.2 Å². The molecule has 4 nitrogen and oxygen atoms in total. The molecule has 0 radical (unpaired) electrons. The van der Waals surface area contributed by atoms with E-state index in [2.05, 4.69) is 35.6 Å². The van der Waals surface area contributed by atoms with Gasteiger partial charge in [-0.3, -0.25) is 4.79 Å². The third-order valence-electron chi connectivity index (χ3n) is 2.63. The molecule has 0 saturated carbocycles. The van der Waals surface area contributed by atoms with Crippen LogP contribution in [0.1, 0.15) is 43.5 Å². The summed E-state index contributed by atoms with van der Waals surface area (Å²) in [4.78, 5) is 15.3. The minimum absolute atomic E-state index is 0.0188. The van der Waals surface area contributed by atoms with Crippen LogP contribution < -0.4 is 5.32 Å². The first-order chi connectivity index (χ1) is 7.04. The number of nitrogens with one attached hydrogen (secondary N) is 1. The number of hydrogen-bond acceptors (Lipinski definition) is 3. The molecule has 0 aliphatic carbocycles. The smallest absolute Gasteiger partial charge is 0.172 e. The normalized spacial score (nSPS) is 15.7. The molecule has 0 atom stereocenters. The summed E-state index contributed by atoms with van der Waals surface area (Å²) in [7, 11) is 0. The lowest BCUT2D eigenvalue weighted by Crippen LogP contribution is -2.24. The number of aldehydes is 1. The van der Waals surface area contributed by atoms with Crippen molar-refractivity contribution in [3.05, 3.63) is 11.5 Å². The molecule has 1 N–H and O–H groups in total. The van der Waals surface area contributed by atoms with E-state index in [4.69, 9.17) is 0 Å². The molecule has 0 spiro atoms. The fourth-order valence-corrected chi connectivity index (χ4v) is 1.97. The lowest BCUT2D eigenvalue weighted by Gasteiger charge is -2.24. The first-order valence-corrected chi connectivity index (χ1v) is 5.34. The van der Waals surface area contributed by atoms with Gasteiger partial charge < -0.3 is 9.88 Å². The van der Waals surface area contributed by atoms with E-state index in [9.17, 15) is 4.79 Å². The average molecular weight is 207 g/mol. The Morgan fingerprint density at radius 2 is 2.20 bits per heavy atom. The summed E-state index contributed by atoms with van der Waals surface area (Å²) >= 11 is 0. The molecule has 0 bridgehead atoms. The van der Waals surface area contributed by atoms with Crippen molar-refractivity contribution >= 4 is 12.1 Å². The summed E-state index contributed by atoms with van der Waals surface area (Å²) in [5.74, 6) is 1.88. The highest BCUT2D eigenvalue weighted by molar-refractivity contribution is 5.80. The largest absolute Gasteiger partial charge is 0.369 e. The third kappa shape index (κ3) is 1.64. The second-order valence-electron chi connectivity index (χ2n) is 4.97. The second-order valence-corrected chi connectivity index (χ2v) is 4.97. The van der Waals surface area contributed by atoms with Crippen molar-refractivity contribution in [3.8, 4) is 0 Å². The molecule has 0 amide bonds. The third-order valence-corrected chi connectivity index (χ3v) is 2.63. The Balaban J connectivity index is 2.57. The van der Waals surface area contributed by atoms with Crippen molar-refractivity contribution < 1.29 is 4.79 Å². The molecule has 0 aromatic carbocycles. The van der Waals surface area contributed by atoms with Crippen LogP contribution in [0.2, 0.25) is 0 Å². The van der Waals surface area contributed by atoms with Crippen LogP contribution >= 0.6 is 0 Å². The lowest BCUT2D eigenvalue weighted by molar-refractivity contribution is 0.112. The predicted molar refractivity (Wildman–Crippen MR) is 59.4 cm³/mol. The van der Waals surface area contributed by atoms with E-state index in [1.165, 1.54) is 0 Å². The molecule has 1 aromatic heterocycles. The topological polar surface area (TPSA) is 46.9 Å². The Bertz CT molecular complexity index is 387. The molecule has 2 rings (SSSR count). The Morgan fingerprint density at radius 1 is 1.47 bits per heavy atom. The van der Waals surface area contributed by atoms with E-state index >= 15 is 0 Å². The van der Waals surface area contributed by atoms with Crippen molar-refractivity contribution in [1.82, 2.24) is 9.55 Å². The summed E-state index contributed by atoms with van der Waals surface area (Å²) in [5.41, 5.74) is 0.523. The number of fused-ring (bicyclic) bond motifs is 1. The van der Waals surface area contributed by atoms with Gasteiger partial charge in [0.05, 0.1) is 0 Å². The molecular formula is C11H17N3O. The highest BCUT2D eigenvalue weighted by Crippen LogP contribution is 2.28. The average Bonchev–Trinajstić information content (AvgIpc) is 2.55. The van der Waals surface area contributed by atoms with Crippen molar-refractivity contribution in [2.75, 3.05) is 11.9 Å². The second kappa shape index (κ2) is 3.36. The number of aromatic nitrogens is 2. The summed E-state index contributed by atoms with van der Waals surface area (Å²) in [6.07, 6.45) is 1.92. The molecule has 1 aliphatic rings. The van der Waals surface area contributed by atoms with Gasteiger partial charge in [-0.05, 0) is 6.42 Å². The van der Waals surface area contributed by atoms with E-state index in [1.54, 1.807) is 0 Å². The Morgan fingerprint density at radius 3 is 2.80 bits per heavy atom.